The third-order valence-corrected chi connectivity index (χ3v) is 3.64. The lowest BCUT2D eigenvalue weighted by atomic mass is 10.1. The van der Waals surface area contributed by atoms with Crippen molar-refractivity contribution < 1.29 is 13.9 Å². The Bertz CT molecular complexity index is 596. The van der Waals surface area contributed by atoms with Crippen LogP contribution in [0.4, 0.5) is 0 Å². The summed E-state index contributed by atoms with van der Waals surface area (Å²) >= 11 is 0. The molecule has 4 heteroatoms. The molecule has 1 amide bonds. The smallest absolute Gasteiger partial charge is 0.254 e. The lowest BCUT2D eigenvalue weighted by Gasteiger charge is -2.26. The van der Waals surface area contributed by atoms with Crippen molar-refractivity contribution in [1.29, 1.82) is 0 Å². The number of carbonyl (C=O) groups is 1. The van der Waals surface area contributed by atoms with Crippen molar-refractivity contribution >= 4 is 16.9 Å². The molecule has 100 valence electrons. The van der Waals surface area contributed by atoms with Gasteiger partial charge < -0.3 is 14.1 Å². The minimum Gasteiger partial charge on any atom is -0.496 e. The predicted octanol–water partition coefficient (Wildman–Crippen LogP) is 3.07. The van der Waals surface area contributed by atoms with E-state index in [2.05, 4.69) is 0 Å². The maximum atomic E-state index is 12.5. The minimum atomic E-state index is 0.0660. The van der Waals surface area contributed by atoms with Crippen LogP contribution in [0.15, 0.2) is 28.9 Å². The number of furan rings is 1. The number of rotatable bonds is 2. The largest absolute Gasteiger partial charge is 0.496 e. The summed E-state index contributed by atoms with van der Waals surface area (Å²) in [4.78, 5) is 14.4. The van der Waals surface area contributed by atoms with Crippen LogP contribution in [-0.4, -0.2) is 31.0 Å². The fraction of sp³-hybridized carbons (Fsp3) is 0.400. The quantitative estimate of drug-likeness (QED) is 0.832. The van der Waals surface area contributed by atoms with Crippen LogP contribution in [0.3, 0.4) is 0 Å². The zero-order chi connectivity index (χ0) is 13.2. The number of methoxy groups -OCH3 is 1. The van der Waals surface area contributed by atoms with Crippen molar-refractivity contribution in [3.8, 4) is 5.75 Å². The van der Waals surface area contributed by atoms with Crippen molar-refractivity contribution in [3.05, 3.63) is 30.0 Å². The zero-order valence-corrected chi connectivity index (χ0v) is 11.0. The number of amides is 1. The molecule has 1 fully saturated rings. The number of fused-ring (bicyclic) bond motifs is 1. The standard InChI is InChI=1S/C15H17NO3/c1-18-13-9-11(10-14-12(13)5-8-19-14)15(17)16-6-3-2-4-7-16/h5,8-10H,2-4,6-7H2,1H3. The number of hydrogen-bond donors (Lipinski definition) is 0. The Hall–Kier alpha value is -1.97. The molecule has 1 aliphatic rings. The Morgan fingerprint density at radius 3 is 2.79 bits per heavy atom. The molecule has 2 aromatic rings. The zero-order valence-electron chi connectivity index (χ0n) is 11.0. The fourth-order valence-electron chi connectivity index (χ4n) is 2.61. The molecule has 3 rings (SSSR count). The van der Waals surface area contributed by atoms with E-state index >= 15 is 0 Å². The monoisotopic (exact) mass is 259 g/mol. The van der Waals surface area contributed by atoms with Crippen LogP contribution in [0.25, 0.3) is 11.0 Å². The van der Waals surface area contributed by atoms with Gasteiger partial charge in [-0.05, 0) is 37.5 Å². The molecule has 0 aliphatic carbocycles. The van der Waals surface area contributed by atoms with Crippen LogP contribution < -0.4 is 4.74 Å². The molecule has 1 aromatic heterocycles. The average Bonchev–Trinajstić information content (AvgIpc) is 2.94. The lowest BCUT2D eigenvalue weighted by Crippen LogP contribution is -2.35. The van der Waals surface area contributed by atoms with Gasteiger partial charge in [0, 0.05) is 18.7 Å². The highest BCUT2D eigenvalue weighted by Crippen LogP contribution is 2.29. The van der Waals surface area contributed by atoms with Crippen molar-refractivity contribution in [1.82, 2.24) is 4.90 Å². The molecular formula is C15H17NO3. The number of likely N-dealkylation sites (tertiary alicyclic amines) is 1. The molecule has 0 spiro atoms. The average molecular weight is 259 g/mol. The van der Waals surface area contributed by atoms with E-state index in [-0.39, 0.29) is 5.91 Å². The van der Waals surface area contributed by atoms with Crippen LogP contribution in [0.2, 0.25) is 0 Å². The van der Waals surface area contributed by atoms with Gasteiger partial charge in [-0.1, -0.05) is 0 Å². The van der Waals surface area contributed by atoms with Gasteiger partial charge in [-0.25, -0.2) is 0 Å². The van der Waals surface area contributed by atoms with Crippen LogP contribution >= 0.6 is 0 Å². The summed E-state index contributed by atoms with van der Waals surface area (Å²) in [6.45, 7) is 1.69. The summed E-state index contributed by atoms with van der Waals surface area (Å²) in [7, 11) is 1.61. The number of benzene rings is 1. The SMILES string of the molecule is COc1cc(C(=O)N2CCCCC2)cc2occc12. The summed E-state index contributed by atoms with van der Waals surface area (Å²) < 4.78 is 10.7. The molecule has 0 unspecified atom stereocenters. The van der Waals surface area contributed by atoms with Crippen LogP contribution in [0.1, 0.15) is 29.6 Å². The maximum absolute atomic E-state index is 12.5. The highest BCUT2D eigenvalue weighted by Gasteiger charge is 2.20. The van der Waals surface area contributed by atoms with Gasteiger partial charge >= 0.3 is 0 Å². The van der Waals surface area contributed by atoms with Crippen molar-refractivity contribution in [2.75, 3.05) is 20.2 Å². The van der Waals surface area contributed by atoms with Gasteiger partial charge in [-0.3, -0.25) is 4.79 Å². The second kappa shape index (κ2) is 4.96. The summed E-state index contributed by atoms with van der Waals surface area (Å²) in [6.07, 6.45) is 5.00. The van der Waals surface area contributed by atoms with E-state index in [0.717, 1.165) is 31.3 Å². The van der Waals surface area contributed by atoms with Crippen LogP contribution in [-0.2, 0) is 0 Å². The Morgan fingerprint density at radius 2 is 2.05 bits per heavy atom. The summed E-state index contributed by atoms with van der Waals surface area (Å²) in [5.74, 6) is 0.753. The summed E-state index contributed by atoms with van der Waals surface area (Å²) in [5.41, 5.74) is 1.33. The van der Waals surface area contributed by atoms with Gasteiger partial charge in [-0.2, -0.15) is 0 Å². The van der Waals surface area contributed by atoms with E-state index in [1.54, 1.807) is 25.5 Å². The van der Waals surface area contributed by atoms with Gasteiger partial charge in [-0.15, -0.1) is 0 Å². The summed E-state index contributed by atoms with van der Waals surface area (Å²) in [5, 5.41) is 0.901. The molecule has 1 aliphatic heterocycles. The summed E-state index contributed by atoms with van der Waals surface area (Å²) in [6, 6.07) is 5.45. The van der Waals surface area contributed by atoms with Gasteiger partial charge in [0.25, 0.3) is 5.91 Å². The molecule has 0 radical (unpaired) electrons. The topological polar surface area (TPSA) is 42.7 Å². The maximum Gasteiger partial charge on any atom is 0.254 e. The Balaban J connectivity index is 1.97. The number of hydrogen-bond acceptors (Lipinski definition) is 3. The molecular weight excluding hydrogens is 242 g/mol. The van der Waals surface area contributed by atoms with Gasteiger partial charge in [0.1, 0.15) is 11.3 Å². The molecule has 1 aromatic carbocycles. The minimum absolute atomic E-state index is 0.0660. The molecule has 0 bridgehead atoms. The van der Waals surface area contributed by atoms with Gasteiger partial charge in [0.05, 0.1) is 18.8 Å². The second-order valence-electron chi connectivity index (χ2n) is 4.86. The van der Waals surface area contributed by atoms with E-state index in [0.29, 0.717) is 16.9 Å². The first-order valence-corrected chi connectivity index (χ1v) is 6.64. The second-order valence-corrected chi connectivity index (χ2v) is 4.86. The third-order valence-electron chi connectivity index (χ3n) is 3.64. The number of ether oxygens (including phenoxy) is 1. The fourth-order valence-corrected chi connectivity index (χ4v) is 2.61. The normalized spacial score (nSPS) is 15.7. The molecule has 1 saturated heterocycles. The van der Waals surface area contributed by atoms with Crippen molar-refractivity contribution in [2.24, 2.45) is 0 Å². The number of nitrogens with zero attached hydrogens (tertiary/aromatic N) is 1. The first-order valence-electron chi connectivity index (χ1n) is 6.64. The van der Waals surface area contributed by atoms with E-state index in [1.807, 2.05) is 11.0 Å². The van der Waals surface area contributed by atoms with Crippen LogP contribution in [0, 0.1) is 0 Å². The highest BCUT2D eigenvalue weighted by molar-refractivity contribution is 5.99. The van der Waals surface area contributed by atoms with E-state index in [1.165, 1.54) is 6.42 Å². The third kappa shape index (κ3) is 2.18. The molecule has 4 nitrogen and oxygen atoms in total. The number of piperidine rings is 1. The highest BCUT2D eigenvalue weighted by atomic mass is 16.5. The molecule has 2 heterocycles. The Labute approximate surface area is 111 Å². The first kappa shape index (κ1) is 12.1. The predicted molar refractivity (Wildman–Crippen MR) is 72.5 cm³/mol. The molecule has 0 saturated carbocycles. The van der Waals surface area contributed by atoms with Crippen molar-refractivity contribution in [3.63, 3.8) is 0 Å². The van der Waals surface area contributed by atoms with Crippen molar-refractivity contribution in [2.45, 2.75) is 19.3 Å². The van der Waals surface area contributed by atoms with E-state index < -0.39 is 0 Å². The molecule has 0 atom stereocenters. The number of carbonyl (C=O) groups excluding carboxylic acids is 1. The molecule has 0 N–H and O–H groups in total. The van der Waals surface area contributed by atoms with E-state index in [9.17, 15) is 4.79 Å². The Kier molecular flexibility index (Phi) is 3.15. The Morgan fingerprint density at radius 1 is 1.26 bits per heavy atom. The first-order chi connectivity index (χ1) is 9.29. The lowest BCUT2D eigenvalue weighted by molar-refractivity contribution is 0.0724. The van der Waals surface area contributed by atoms with Crippen LogP contribution in [0.5, 0.6) is 5.75 Å². The van der Waals surface area contributed by atoms with E-state index in [4.69, 9.17) is 9.15 Å². The van der Waals surface area contributed by atoms with Gasteiger partial charge in [0.15, 0.2) is 0 Å². The van der Waals surface area contributed by atoms with Gasteiger partial charge in [0.2, 0.25) is 0 Å². The molecule has 19 heavy (non-hydrogen) atoms.